The fourth-order valence-electron chi connectivity index (χ4n) is 3.06. The van der Waals surface area contributed by atoms with Gasteiger partial charge in [-0.05, 0) is 32.9 Å². The first-order valence-electron chi connectivity index (χ1n) is 7.61. The number of aliphatic hydroxyl groups is 1. The number of nitro benzene ring substituents is 1. The Morgan fingerprint density at radius 1 is 1.48 bits per heavy atom. The van der Waals surface area contributed by atoms with Crippen LogP contribution in [0.5, 0.6) is 0 Å². The molecule has 0 saturated carbocycles. The summed E-state index contributed by atoms with van der Waals surface area (Å²) in [6.07, 6.45) is 0. The molecule has 0 bridgehead atoms. The van der Waals surface area contributed by atoms with Crippen molar-refractivity contribution in [3.05, 3.63) is 33.9 Å². The summed E-state index contributed by atoms with van der Waals surface area (Å²) in [5.74, 6) is 0. The molecular weight excluding hydrogens is 296 g/mol. The van der Waals surface area contributed by atoms with Gasteiger partial charge in [-0.15, -0.1) is 0 Å². The molecule has 1 aromatic carbocycles. The molecule has 0 spiro atoms. The molecule has 1 unspecified atom stereocenters. The van der Waals surface area contributed by atoms with Crippen LogP contribution in [0.4, 0.5) is 11.4 Å². The summed E-state index contributed by atoms with van der Waals surface area (Å²) in [6.45, 7) is 8.22. The number of anilines is 1. The van der Waals surface area contributed by atoms with Gasteiger partial charge in [0.25, 0.3) is 5.69 Å². The number of nitriles is 1. The summed E-state index contributed by atoms with van der Waals surface area (Å²) in [5, 5.41) is 30.2. The van der Waals surface area contributed by atoms with Crippen LogP contribution in [-0.2, 0) is 0 Å². The number of nitro groups is 1. The van der Waals surface area contributed by atoms with E-state index < -0.39 is 10.5 Å². The highest BCUT2D eigenvalue weighted by atomic mass is 16.6. The van der Waals surface area contributed by atoms with Crippen molar-refractivity contribution in [2.24, 2.45) is 0 Å². The van der Waals surface area contributed by atoms with Crippen molar-refractivity contribution < 1.29 is 10.0 Å². The van der Waals surface area contributed by atoms with E-state index in [1.165, 1.54) is 6.07 Å². The summed E-state index contributed by atoms with van der Waals surface area (Å²) >= 11 is 0. The molecule has 1 fully saturated rings. The quantitative estimate of drug-likeness (QED) is 0.671. The molecule has 7 heteroatoms. The van der Waals surface area contributed by atoms with Crippen molar-refractivity contribution in [2.75, 3.05) is 31.1 Å². The zero-order valence-electron chi connectivity index (χ0n) is 13.7. The van der Waals surface area contributed by atoms with Gasteiger partial charge in [0.05, 0.1) is 22.2 Å². The standard InChI is InChI=1S/C16H22N4O3/c1-12-10-18(11-16(2,3)21)6-7-19(12)14-5-4-13(9-17)8-15(14)20(22)23/h4-5,8,12,21H,6-7,10-11H2,1-3H3. The molecule has 7 nitrogen and oxygen atoms in total. The van der Waals surface area contributed by atoms with Crippen LogP contribution < -0.4 is 4.90 Å². The van der Waals surface area contributed by atoms with Crippen molar-refractivity contribution in [1.82, 2.24) is 4.90 Å². The molecule has 0 radical (unpaired) electrons. The zero-order valence-corrected chi connectivity index (χ0v) is 13.7. The third kappa shape index (κ3) is 4.18. The average Bonchev–Trinajstić information content (AvgIpc) is 2.45. The van der Waals surface area contributed by atoms with E-state index in [1.54, 1.807) is 26.0 Å². The van der Waals surface area contributed by atoms with E-state index >= 15 is 0 Å². The number of β-amino-alcohol motifs (C(OH)–C–C–N with tert-alkyl or cyclic N) is 1. The molecule has 1 saturated heterocycles. The normalized spacial score (nSPS) is 19.4. The van der Waals surface area contributed by atoms with E-state index in [1.807, 2.05) is 17.9 Å². The third-order valence-corrected chi connectivity index (χ3v) is 3.93. The van der Waals surface area contributed by atoms with Crippen molar-refractivity contribution in [3.63, 3.8) is 0 Å². The van der Waals surface area contributed by atoms with Gasteiger partial charge in [0, 0.05) is 38.3 Å². The first kappa shape index (κ1) is 17.2. The molecule has 23 heavy (non-hydrogen) atoms. The van der Waals surface area contributed by atoms with Crippen LogP contribution in [-0.4, -0.2) is 52.8 Å². The Morgan fingerprint density at radius 3 is 2.70 bits per heavy atom. The minimum absolute atomic E-state index is 0.0353. The molecule has 1 atom stereocenters. The second kappa shape index (κ2) is 6.52. The number of nitrogens with zero attached hydrogens (tertiary/aromatic N) is 4. The molecule has 0 aliphatic carbocycles. The van der Waals surface area contributed by atoms with Crippen molar-refractivity contribution in [2.45, 2.75) is 32.4 Å². The predicted octanol–water partition coefficient (Wildman–Crippen LogP) is 1.75. The molecule has 1 N–H and O–H groups in total. The van der Waals surface area contributed by atoms with E-state index in [2.05, 4.69) is 4.90 Å². The molecule has 1 heterocycles. The Balaban J connectivity index is 2.21. The second-order valence-corrected chi connectivity index (χ2v) is 6.66. The minimum atomic E-state index is -0.762. The number of piperazine rings is 1. The van der Waals surface area contributed by atoms with Gasteiger partial charge in [0.2, 0.25) is 0 Å². The molecule has 1 aliphatic rings. The molecule has 1 aliphatic heterocycles. The summed E-state index contributed by atoms with van der Waals surface area (Å²) < 4.78 is 0. The zero-order chi connectivity index (χ0) is 17.2. The van der Waals surface area contributed by atoms with E-state index in [-0.39, 0.29) is 17.3 Å². The first-order valence-corrected chi connectivity index (χ1v) is 7.61. The van der Waals surface area contributed by atoms with E-state index in [0.717, 1.165) is 13.1 Å². The maximum Gasteiger partial charge on any atom is 0.293 e. The maximum absolute atomic E-state index is 11.3. The van der Waals surface area contributed by atoms with Crippen molar-refractivity contribution >= 4 is 11.4 Å². The lowest BCUT2D eigenvalue weighted by atomic mass is 10.1. The van der Waals surface area contributed by atoms with Gasteiger partial charge in [0.1, 0.15) is 5.69 Å². The number of hydrogen-bond acceptors (Lipinski definition) is 6. The van der Waals surface area contributed by atoms with Gasteiger partial charge >= 0.3 is 0 Å². The Labute approximate surface area is 135 Å². The van der Waals surface area contributed by atoms with E-state index in [9.17, 15) is 15.2 Å². The lowest BCUT2D eigenvalue weighted by Gasteiger charge is -2.42. The number of rotatable bonds is 4. The highest BCUT2D eigenvalue weighted by molar-refractivity contribution is 5.66. The minimum Gasteiger partial charge on any atom is -0.389 e. The van der Waals surface area contributed by atoms with Crippen molar-refractivity contribution in [1.29, 1.82) is 5.26 Å². The summed E-state index contributed by atoms with van der Waals surface area (Å²) in [7, 11) is 0. The molecule has 124 valence electrons. The lowest BCUT2D eigenvalue weighted by molar-refractivity contribution is -0.384. The predicted molar refractivity (Wildman–Crippen MR) is 87.4 cm³/mol. The van der Waals surface area contributed by atoms with Crippen LogP contribution in [0.25, 0.3) is 0 Å². The van der Waals surface area contributed by atoms with Crippen LogP contribution in [0.15, 0.2) is 18.2 Å². The van der Waals surface area contributed by atoms with E-state index in [4.69, 9.17) is 5.26 Å². The van der Waals surface area contributed by atoms with Gasteiger partial charge in [-0.1, -0.05) is 0 Å². The highest BCUT2D eigenvalue weighted by Gasteiger charge is 2.30. The average molecular weight is 318 g/mol. The van der Waals surface area contributed by atoms with Gasteiger partial charge < -0.3 is 10.0 Å². The second-order valence-electron chi connectivity index (χ2n) is 6.66. The van der Waals surface area contributed by atoms with Gasteiger partial charge in [-0.2, -0.15) is 5.26 Å². The Morgan fingerprint density at radius 2 is 2.17 bits per heavy atom. The molecule has 1 aromatic rings. The maximum atomic E-state index is 11.3. The molecule has 2 rings (SSSR count). The van der Waals surface area contributed by atoms with Crippen LogP contribution in [0.2, 0.25) is 0 Å². The van der Waals surface area contributed by atoms with Crippen LogP contribution in [0.3, 0.4) is 0 Å². The molecule has 0 amide bonds. The largest absolute Gasteiger partial charge is 0.389 e. The summed E-state index contributed by atoms with van der Waals surface area (Å²) in [6, 6.07) is 6.60. The fraction of sp³-hybridized carbons (Fsp3) is 0.562. The first-order chi connectivity index (χ1) is 10.7. The number of hydrogen-bond donors (Lipinski definition) is 1. The van der Waals surface area contributed by atoms with Crippen LogP contribution in [0.1, 0.15) is 26.3 Å². The van der Waals surface area contributed by atoms with Crippen LogP contribution in [0, 0.1) is 21.4 Å². The summed E-state index contributed by atoms with van der Waals surface area (Å²) in [4.78, 5) is 15.0. The van der Waals surface area contributed by atoms with Crippen LogP contribution >= 0.6 is 0 Å². The van der Waals surface area contributed by atoms with Gasteiger partial charge in [-0.25, -0.2) is 0 Å². The Kier molecular flexibility index (Phi) is 4.88. The summed E-state index contributed by atoms with van der Waals surface area (Å²) in [5.41, 5.74) is 0.0347. The monoisotopic (exact) mass is 318 g/mol. The fourth-order valence-corrected chi connectivity index (χ4v) is 3.06. The smallest absolute Gasteiger partial charge is 0.293 e. The lowest BCUT2D eigenvalue weighted by Crippen LogP contribution is -2.54. The number of benzene rings is 1. The van der Waals surface area contributed by atoms with E-state index in [0.29, 0.717) is 18.8 Å². The Hall–Kier alpha value is -2.17. The topological polar surface area (TPSA) is 93.6 Å². The third-order valence-electron chi connectivity index (χ3n) is 3.93. The SMILES string of the molecule is CC1CN(CC(C)(C)O)CCN1c1ccc(C#N)cc1[N+](=O)[O-]. The van der Waals surface area contributed by atoms with Gasteiger partial charge in [0.15, 0.2) is 0 Å². The highest BCUT2D eigenvalue weighted by Crippen LogP contribution is 2.32. The molecular formula is C16H22N4O3. The molecule has 0 aromatic heterocycles. The Bertz CT molecular complexity index is 633. The van der Waals surface area contributed by atoms with Gasteiger partial charge in [-0.3, -0.25) is 15.0 Å². The van der Waals surface area contributed by atoms with Crippen molar-refractivity contribution in [3.8, 4) is 6.07 Å².